The molecule has 20 nitrogen and oxygen atoms in total. The number of carbonyl (C=O) groups excluding carboxylic acids is 6. The molecule has 0 saturated heterocycles. The number of aromatic nitrogens is 2. The molecule has 18 rings (SSSR count). The van der Waals surface area contributed by atoms with Crippen LogP contribution in [0, 0.1) is 0 Å². The van der Waals surface area contributed by atoms with Crippen molar-refractivity contribution < 1.29 is 41.9 Å². The first-order chi connectivity index (χ1) is 57.5. The lowest BCUT2D eigenvalue weighted by atomic mass is 9.95. The number of anilines is 4. The van der Waals surface area contributed by atoms with Crippen molar-refractivity contribution >= 4 is 58.2 Å². The Morgan fingerprint density at radius 3 is 1.08 bits per heavy atom. The van der Waals surface area contributed by atoms with Gasteiger partial charge in [-0.1, -0.05) is 165 Å². The molecule has 1 heterocycles. The summed E-state index contributed by atoms with van der Waals surface area (Å²) in [5.74, 6) is 2.12. The molecule has 0 spiro atoms. The molecule has 23 heteroatoms. The van der Waals surface area contributed by atoms with Gasteiger partial charge in [0.15, 0.2) is 0 Å². The Labute approximate surface area is 691 Å². The number of para-hydroxylation sites is 2. The van der Waals surface area contributed by atoms with Gasteiger partial charge in [-0.15, -0.1) is 0 Å². The van der Waals surface area contributed by atoms with Crippen LogP contribution in [0.3, 0.4) is 0 Å². The van der Waals surface area contributed by atoms with Gasteiger partial charge in [0, 0.05) is 148 Å². The second-order valence-electron chi connectivity index (χ2n) is 31.7. The lowest BCUT2D eigenvalue weighted by Crippen LogP contribution is -2.36. The first-order valence-electron chi connectivity index (χ1n) is 40.7. The largest absolute Gasteiger partial charge is 0.416 e. The third kappa shape index (κ3) is 24.5. The predicted octanol–water partition coefficient (Wildman–Crippen LogP) is 15.8. The van der Waals surface area contributed by atoms with E-state index < -0.39 is 17.6 Å². The molecule has 614 valence electrons. The number of hydrogen-bond donors (Lipinski definition) is 12. The molecule has 6 amide bonds. The Kier molecular flexibility index (Phi) is 28.0. The fourth-order valence-corrected chi connectivity index (χ4v) is 14.5. The van der Waals surface area contributed by atoms with Gasteiger partial charge in [0.25, 0.3) is 35.4 Å². The van der Waals surface area contributed by atoms with Crippen LogP contribution in [0.2, 0.25) is 0 Å². The topological polar surface area (TPSA) is 351 Å². The van der Waals surface area contributed by atoms with E-state index in [2.05, 4.69) is 36.8 Å². The van der Waals surface area contributed by atoms with Gasteiger partial charge in [-0.2, -0.15) is 18.3 Å². The molecule has 10 aromatic carbocycles. The quantitative estimate of drug-likeness (QED) is 0.0359. The van der Waals surface area contributed by atoms with Gasteiger partial charge < -0.3 is 65.9 Å². The minimum atomic E-state index is -4.44. The van der Waals surface area contributed by atoms with E-state index in [-0.39, 0.29) is 47.3 Å². The number of rotatable bonds is 19. The third-order valence-electron chi connectivity index (χ3n) is 22.5. The molecule has 12 atom stereocenters. The van der Waals surface area contributed by atoms with Crippen molar-refractivity contribution in [2.45, 2.75) is 161 Å². The van der Waals surface area contributed by atoms with E-state index in [0.29, 0.717) is 106 Å². The Bertz CT molecular complexity index is 5180. The van der Waals surface area contributed by atoms with Crippen molar-refractivity contribution in [3.8, 4) is 0 Å². The summed E-state index contributed by atoms with van der Waals surface area (Å²) >= 11 is 0. The van der Waals surface area contributed by atoms with Crippen LogP contribution in [0.4, 0.5) is 35.9 Å². The predicted molar refractivity (Wildman–Crippen MR) is 462 cm³/mol. The average Bonchev–Trinajstić information content (AvgIpc) is 1.70. The van der Waals surface area contributed by atoms with E-state index in [1.54, 1.807) is 36.5 Å². The molecule has 11 aromatic rings. The number of carbonyl (C=O) groups is 6. The fraction of sp³-hybridized carbons (Fsp3) is 0.281. The van der Waals surface area contributed by atoms with E-state index in [1.807, 2.05) is 224 Å². The van der Waals surface area contributed by atoms with E-state index in [4.69, 9.17) is 34.4 Å². The summed E-state index contributed by atoms with van der Waals surface area (Å²) < 4.78 is 38.0. The van der Waals surface area contributed by atoms with Crippen molar-refractivity contribution in [1.82, 2.24) is 20.8 Å². The number of halogens is 3. The van der Waals surface area contributed by atoms with Gasteiger partial charge in [-0.25, -0.2) is 0 Å². The first-order valence-corrected chi connectivity index (χ1v) is 40.7. The van der Waals surface area contributed by atoms with E-state index in [0.717, 1.165) is 91.6 Å². The Morgan fingerprint density at radius 1 is 0.387 bits per heavy atom. The number of nitrogens with zero attached hydrogens (tertiary/aromatic N) is 2. The number of amides is 6. The monoisotopic (exact) mass is 1600 g/mol. The Balaban J connectivity index is 0.000000124. The summed E-state index contributed by atoms with van der Waals surface area (Å²) in [4.78, 5) is 74.3. The zero-order valence-corrected chi connectivity index (χ0v) is 66.4. The molecular weight excluding hydrogens is 1500 g/mol. The average molecular weight is 1610 g/mol. The Morgan fingerprint density at radius 2 is 0.714 bits per heavy atom. The molecule has 0 radical (unpaired) electrons. The van der Waals surface area contributed by atoms with Crippen molar-refractivity contribution in [2.75, 3.05) is 27.9 Å². The standard InChI is InChI=1S/C17H15F3N2O.2C17H18N2O.C16H22N2O.C16H16N2O.C13H14N4O/c18-17(19,20)12-2-1-3-13(8-12)22-16(23)11-6-4-10(5-7-11)14-9-15(14)21;1-19(14-5-3-2-4-6-14)17(20)13-9-7-12(8-10-13)15-11-16(15)18;18-16-10-15(16)13-6-8-14(9-7-13)17(20)19-11-12-4-2-1-3-5-12;2*17-15-10-14(15)11-6-8-12(9-7-11)16(19)18-13-4-2-1-3-5-13;14-12-5-11(12)8-1-3-9(4-2-8)13(18)17-10-6-15-16-7-10/h1-8,14-15H,9,21H2,(H,22,23);2-10,15-16H,11,18H2,1H3;1-9,15-16H,10-11,18H2,(H,19,20);6-9,13-15H,1-5,10,17H2,(H,18,19);1-9,14-15H,10,17H2,(H,18,19);1-4,6-7,11-12H,5,14H2,(H,15,16)(H,17,18)/t14-,15+;2*15-,16+;2*14-,15+;11-,12+/m000000/s1. The maximum Gasteiger partial charge on any atom is 0.416 e. The number of benzene rings is 10. The van der Waals surface area contributed by atoms with Gasteiger partial charge in [0.2, 0.25) is 0 Å². The Hall–Kier alpha value is -12.2. The summed E-state index contributed by atoms with van der Waals surface area (Å²) in [6, 6.07) is 81.4. The second-order valence-corrected chi connectivity index (χ2v) is 31.7. The van der Waals surface area contributed by atoms with Crippen LogP contribution in [0.25, 0.3) is 0 Å². The molecule has 0 aliphatic heterocycles. The minimum absolute atomic E-state index is 0.00263. The van der Waals surface area contributed by atoms with Crippen molar-refractivity contribution in [3.63, 3.8) is 0 Å². The molecule has 7 aliphatic rings. The number of hydrogen-bond acceptors (Lipinski definition) is 13. The SMILES string of the molecule is CN(C(=O)c1ccc([C@@H]2C[C@H]2N)cc1)c1ccccc1.N[C@@H]1C[C@H]1c1ccc(C(=O)NC2CCCCC2)cc1.N[C@@H]1C[C@H]1c1ccc(C(=O)NCc2ccccc2)cc1.N[C@@H]1C[C@H]1c1ccc(C(=O)Nc2cccc(C(F)(F)F)c2)cc1.N[C@@H]1C[C@H]1c1ccc(C(=O)Nc2ccccc2)cc1.N[C@@H]1C[C@H]1c1ccc(C(=O)Nc2cn[nH]c2)cc1. The molecule has 119 heavy (non-hydrogen) atoms. The number of nitrogens with one attached hydrogen (secondary N) is 6. The van der Waals surface area contributed by atoms with Crippen LogP contribution in [0.5, 0.6) is 0 Å². The number of aromatic amines is 1. The maximum absolute atomic E-state index is 12.7. The molecule has 7 fully saturated rings. The second kappa shape index (κ2) is 39.4. The lowest BCUT2D eigenvalue weighted by molar-refractivity contribution is -0.137. The highest BCUT2D eigenvalue weighted by Crippen LogP contribution is 2.43. The van der Waals surface area contributed by atoms with Crippen LogP contribution in [0.1, 0.15) is 213 Å². The molecule has 7 aliphatic carbocycles. The summed E-state index contributed by atoms with van der Waals surface area (Å²) in [5.41, 5.74) is 48.8. The van der Waals surface area contributed by atoms with Crippen LogP contribution in [-0.4, -0.2) is 95.0 Å². The molecule has 0 unspecified atom stereocenters. The van der Waals surface area contributed by atoms with E-state index in [9.17, 15) is 41.9 Å². The first kappa shape index (κ1) is 84.7. The van der Waals surface area contributed by atoms with E-state index >= 15 is 0 Å². The normalized spacial score (nSPS) is 21.7. The van der Waals surface area contributed by atoms with Crippen LogP contribution >= 0.6 is 0 Å². The van der Waals surface area contributed by atoms with Gasteiger partial charge in [0.05, 0.1) is 17.4 Å². The smallest absolute Gasteiger partial charge is 0.349 e. The molecule has 18 N–H and O–H groups in total. The highest BCUT2D eigenvalue weighted by molar-refractivity contribution is 6.07. The van der Waals surface area contributed by atoms with Crippen molar-refractivity contribution in [1.29, 1.82) is 0 Å². The highest BCUT2D eigenvalue weighted by atomic mass is 19.4. The summed E-state index contributed by atoms with van der Waals surface area (Å²) in [7, 11) is 1.79. The van der Waals surface area contributed by atoms with E-state index in [1.165, 1.54) is 59.2 Å². The third-order valence-corrected chi connectivity index (χ3v) is 22.5. The van der Waals surface area contributed by atoms with Gasteiger partial charge in [-0.05, 0) is 206 Å². The maximum atomic E-state index is 12.7. The van der Waals surface area contributed by atoms with Gasteiger partial charge in [0.1, 0.15) is 0 Å². The lowest BCUT2D eigenvalue weighted by Gasteiger charge is -2.22. The van der Waals surface area contributed by atoms with Crippen molar-refractivity contribution in [3.05, 3.63) is 351 Å². The summed E-state index contributed by atoms with van der Waals surface area (Å²) in [6.07, 6.45) is 11.0. The van der Waals surface area contributed by atoms with Crippen LogP contribution in [0.15, 0.2) is 273 Å². The number of nitrogens with two attached hydrogens (primary N) is 6. The zero-order chi connectivity index (χ0) is 83.7. The highest BCUT2D eigenvalue weighted by Gasteiger charge is 2.39. The van der Waals surface area contributed by atoms with Gasteiger partial charge in [-0.3, -0.25) is 33.9 Å². The van der Waals surface area contributed by atoms with Crippen molar-refractivity contribution in [2.24, 2.45) is 34.4 Å². The summed E-state index contributed by atoms with van der Waals surface area (Å²) in [5, 5.41) is 20.6. The fourth-order valence-electron chi connectivity index (χ4n) is 14.5. The van der Waals surface area contributed by atoms with Crippen LogP contribution in [-0.2, 0) is 12.7 Å². The molecular formula is C96H103F3N14O6. The number of alkyl halides is 3. The molecule has 0 bridgehead atoms. The van der Waals surface area contributed by atoms with Gasteiger partial charge >= 0.3 is 6.18 Å². The molecule has 1 aromatic heterocycles. The molecule has 7 saturated carbocycles. The zero-order valence-electron chi connectivity index (χ0n) is 66.4. The minimum Gasteiger partial charge on any atom is -0.349 e. The number of H-pyrrole nitrogens is 1. The van der Waals surface area contributed by atoms with Crippen LogP contribution < -0.4 is 65.9 Å². The summed E-state index contributed by atoms with van der Waals surface area (Å²) in [6.45, 7) is 0.551.